The van der Waals surface area contributed by atoms with Crippen LogP contribution in [0.3, 0.4) is 0 Å². The van der Waals surface area contributed by atoms with Crippen LogP contribution in [0.1, 0.15) is 0 Å². The third-order valence-electron chi connectivity index (χ3n) is 2.44. The van der Waals surface area contributed by atoms with E-state index in [1.165, 1.54) is 0 Å². The van der Waals surface area contributed by atoms with Crippen molar-refractivity contribution in [2.24, 2.45) is 0 Å². The molecule has 11 heteroatoms. The number of carbonyl (C=O) groups is 1. The molecule has 1 aliphatic heterocycles. The summed E-state index contributed by atoms with van der Waals surface area (Å²) >= 11 is 0. The molecule has 1 atom stereocenters. The lowest BCUT2D eigenvalue weighted by molar-refractivity contribution is -0.383. The molecular formula is C9H9N5O6. The number of rotatable bonds is 4. The summed E-state index contributed by atoms with van der Waals surface area (Å²) in [4.78, 5) is 28.7. The van der Waals surface area contributed by atoms with E-state index >= 15 is 0 Å². The zero-order valence-corrected chi connectivity index (χ0v) is 9.81. The van der Waals surface area contributed by atoms with Gasteiger partial charge in [0.15, 0.2) is 5.76 Å². The monoisotopic (exact) mass is 283 g/mol. The van der Waals surface area contributed by atoms with Crippen LogP contribution in [0.25, 0.3) is 0 Å². The summed E-state index contributed by atoms with van der Waals surface area (Å²) in [5, 5.41) is 31.4. The minimum absolute atomic E-state index is 0.336. The van der Waals surface area contributed by atoms with E-state index in [1.54, 1.807) is 0 Å². The Morgan fingerprint density at radius 2 is 2.25 bits per heavy atom. The zero-order valence-electron chi connectivity index (χ0n) is 9.81. The van der Waals surface area contributed by atoms with Crippen LogP contribution in [0, 0.1) is 10.1 Å². The van der Waals surface area contributed by atoms with Gasteiger partial charge in [0.05, 0.1) is 4.92 Å². The van der Waals surface area contributed by atoms with Gasteiger partial charge in [-0.15, -0.1) is 0 Å². The molecule has 0 radical (unpaired) electrons. The molecule has 0 amide bonds. The van der Waals surface area contributed by atoms with E-state index in [2.05, 4.69) is 15.3 Å². The number of hydrogen-bond acceptors (Lipinski definition) is 10. The Labute approximate surface area is 110 Å². The maximum absolute atomic E-state index is 11.6. The van der Waals surface area contributed by atoms with Gasteiger partial charge < -0.3 is 26.0 Å². The number of anilines is 2. The average Bonchev–Trinajstić information content (AvgIpc) is 2.66. The molecular weight excluding hydrogens is 274 g/mol. The highest BCUT2D eigenvalue weighted by Gasteiger charge is 2.37. The number of nitrogens with two attached hydrogens (primary N) is 1. The Morgan fingerprint density at radius 1 is 1.55 bits per heavy atom. The first-order valence-electron chi connectivity index (χ1n) is 5.21. The number of nitrogens with zero attached hydrogens (tertiary/aromatic N) is 3. The van der Waals surface area contributed by atoms with Crippen LogP contribution in [0.15, 0.2) is 17.8 Å². The number of aliphatic hydroxyl groups excluding tert-OH is 2. The molecule has 1 unspecified atom stereocenters. The van der Waals surface area contributed by atoms with E-state index in [1.807, 2.05) is 0 Å². The predicted molar refractivity (Wildman–Crippen MR) is 63.3 cm³/mol. The molecule has 0 saturated heterocycles. The van der Waals surface area contributed by atoms with Gasteiger partial charge in [0.25, 0.3) is 5.78 Å². The van der Waals surface area contributed by atoms with Gasteiger partial charge in [-0.1, -0.05) is 0 Å². The standard InChI is InChI=1S/C9H9N5O6/c10-7-4(14(18)19)8(12-2-11-7)13-9-6(17)5(16)3(1-15)20-9/h2,9,15-16H,1H2,(H3,10,11,12,13). The van der Waals surface area contributed by atoms with Crippen molar-refractivity contribution in [3.05, 3.63) is 28.0 Å². The molecule has 0 aromatic carbocycles. The molecule has 106 valence electrons. The highest BCUT2D eigenvalue weighted by atomic mass is 16.6. The van der Waals surface area contributed by atoms with Crippen LogP contribution in [0.5, 0.6) is 0 Å². The predicted octanol–water partition coefficient (Wildman–Crippen LogP) is -0.934. The number of aromatic nitrogens is 2. The van der Waals surface area contributed by atoms with Crippen molar-refractivity contribution in [2.75, 3.05) is 17.7 Å². The van der Waals surface area contributed by atoms with E-state index in [0.29, 0.717) is 0 Å². The summed E-state index contributed by atoms with van der Waals surface area (Å²) in [5.41, 5.74) is 4.73. The summed E-state index contributed by atoms with van der Waals surface area (Å²) in [7, 11) is 0. The Balaban J connectivity index is 2.27. The van der Waals surface area contributed by atoms with Crippen molar-refractivity contribution in [1.82, 2.24) is 9.97 Å². The second-order valence-electron chi connectivity index (χ2n) is 3.65. The van der Waals surface area contributed by atoms with Crippen molar-refractivity contribution >= 4 is 23.1 Å². The fourth-order valence-electron chi connectivity index (χ4n) is 1.52. The summed E-state index contributed by atoms with van der Waals surface area (Å²) in [5.74, 6) is -2.71. The Kier molecular flexibility index (Phi) is 3.35. The smallest absolute Gasteiger partial charge is 0.353 e. The van der Waals surface area contributed by atoms with Crippen LogP contribution in [-0.4, -0.2) is 43.7 Å². The van der Waals surface area contributed by atoms with E-state index in [0.717, 1.165) is 6.33 Å². The molecule has 0 saturated carbocycles. The van der Waals surface area contributed by atoms with Crippen molar-refractivity contribution < 1.29 is 24.7 Å². The molecule has 0 bridgehead atoms. The number of ketones is 1. The number of hydrogen-bond donors (Lipinski definition) is 4. The molecule has 0 spiro atoms. The normalized spacial score (nSPS) is 18.1. The summed E-state index contributed by atoms with van der Waals surface area (Å²) in [6.07, 6.45) is -0.477. The molecule has 0 aliphatic carbocycles. The third-order valence-corrected chi connectivity index (χ3v) is 2.44. The molecule has 1 aliphatic rings. The zero-order chi connectivity index (χ0) is 14.9. The van der Waals surface area contributed by atoms with Gasteiger partial charge in [0, 0.05) is 0 Å². The topological polar surface area (TPSA) is 174 Å². The van der Waals surface area contributed by atoms with Crippen LogP contribution in [0.2, 0.25) is 0 Å². The van der Waals surface area contributed by atoms with Crippen molar-refractivity contribution in [3.63, 3.8) is 0 Å². The number of ether oxygens (including phenoxy) is 1. The van der Waals surface area contributed by atoms with Crippen molar-refractivity contribution in [2.45, 2.75) is 6.23 Å². The van der Waals surface area contributed by atoms with Gasteiger partial charge in [-0.3, -0.25) is 14.9 Å². The minimum Gasteiger partial charge on any atom is -0.502 e. The fraction of sp³-hybridized carbons (Fsp3) is 0.222. The van der Waals surface area contributed by atoms with Crippen molar-refractivity contribution in [1.29, 1.82) is 0 Å². The summed E-state index contributed by atoms with van der Waals surface area (Å²) < 4.78 is 4.91. The van der Waals surface area contributed by atoms with Crippen molar-refractivity contribution in [3.8, 4) is 0 Å². The first-order chi connectivity index (χ1) is 9.45. The second kappa shape index (κ2) is 4.97. The van der Waals surface area contributed by atoms with Crippen LogP contribution in [0.4, 0.5) is 17.3 Å². The minimum atomic E-state index is -1.44. The van der Waals surface area contributed by atoms with Gasteiger partial charge in [-0.2, -0.15) is 0 Å². The first-order valence-corrected chi connectivity index (χ1v) is 5.21. The molecule has 1 aromatic rings. The fourth-order valence-corrected chi connectivity index (χ4v) is 1.52. The molecule has 20 heavy (non-hydrogen) atoms. The number of nitro groups is 1. The Bertz CT molecular complexity index is 615. The lowest BCUT2D eigenvalue weighted by Crippen LogP contribution is -2.29. The van der Waals surface area contributed by atoms with Crippen LogP contribution < -0.4 is 11.1 Å². The quantitative estimate of drug-likeness (QED) is 0.399. The first kappa shape index (κ1) is 13.5. The average molecular weight is 283 g/mol. The number of Topliss-reactive ketones (excluding diaryl/α,β-unsaturated/α-hetero) is 1. The summed E-state index contributed by atoms with van der Waals surface area (Å²) in [6, 6.07) is 0. The molecule has 11 nitrogen and oxygen atoms in total. The van der Waals surface area contributed by atoms with Gasteiger partial charge in [-0.05, 0) is 0 Å². The van der Waals surface area contributed by atoms with E-state index in [9.17, 15) is 20.0 Å². The lowest BCUT2D eigenvalue weighted by Gasteiger charge is -2.13. The molecule has 0 fully saturated rings. The number of aliphatic hydroxyl groups is 2. The lowest BCUT2D eigenvalue weighted by atomic mass is 10.3. The maximum atomic E-state index is 11.6. The highest BCUT2D eigenvalue weighted by molar-refractivity contribution is 6.00. The molecule has 2 heterocycles. The largest absolute Gasteiger partial charge is 0.502 e. The molecule has 2 rings (SSSR count). The number of nitrogen functional groups attached to an aromatic ring is 1. The van der Waals surface area contributed by atoms with Gasteiger partial charge in [-0.25, -0.2) is 9.97 Å². The van der Waals surface area contributed by atoms with Crippen LogP contribution in [-0.2, 0) is 9.53 Å². The third kappa shape index (κ3) is 2.16. The van der Waals surface area contributed by atoms with Crippen LogP contribution >= 0.6 is 0 Å². The number of carbonyl (C=O) groups excluding carboxylic acids is 1. The second-order valence-corrected chi connectivity index (χ2v) is 3.65. The molecule has 1 aromatic heterocycles. The summed E-state index contributed by atoms with van der Waals surface area (Å²) in [6.45, 7) is -0.691. The highest BCUT2D eigenvalue weighted by Crippen LogP contribution is 2.29. The van der Waals surface area contributed by atoms with E-state index in [-0.39, 0.29) is 11.6 Å². The van der Waals surface area contributed by atoms with Gasteiger partial charge >= 0.3 is 5.69 Å². The van der Waals surface area contributed by atoms with E-state index < -0.39 is 40.8 Å². The van der Waals surface area contributed by atoms with Gasteiger partial charge in [0.1, 0.15) is 12.9 Å². The number of nitrogens with one attached hydrogen (secondary N) is 1. The molecule has 5 N–H and O–H groups in total. The van der Waals surface area contributed by atoms with E-state index in [4.69, 9.17) is 15.6 Å². The van der Waals surface area contributed by atoms with Gasteiger partial charge in [0.2, 0.25) is 23.6 Å². The Morgan fingerprint density at radius 3 is 2.80 bits per heavy atom. The SMILES string of the molecule is Nc1ncnc(NC2OC(CO)=C(O)C2=O)c1[N+](=O)[O-]. The Hall–Kier alpha value is -2.95. The maximum Gasteiger partial charge on any atom is 0.353 e.